The molecule has 25 heavy (non-hydrogen) atoms. The van der Waals surface area contributed by atoms with E-state index in [2.05, 4.69) is 20.2 Å². The number of nitrogens with zero attached hydrogens (tertiary/aromatic N) is 2. The van der Waals surface area contributed by atoms with E-state index in [1.54, 1.807) is 0 Å². The minimum Gasteiger partial charge on any atom is -0.493 e. The highest BCUT2D eigenvalue weighted by Gasteiger charge is 2.30. The van der Waals surface area contributed by atoms with Gasteiger partial charge >= 0.3 is 12.8 Å². The fraction of sp³-hybridized carbons (Fsp3) is 0.200. The number of anilines is 1. The Morgan fingerprint density at radius 1 is 1.16 bits per heavy atom. The molecule has 5 nitrogen and oxygen atoms in total. The first kappa shape index (κ1) is 18.4. The number of methoxy groups -OCH3 is 1. The number of nitrogens with one attached hydrogen (secondary N) is 1. The molecule has 0 aliphatic carbocycles. The average molecular weight is 361 g/mol. The molecule has 1 aromatic carbocycles. The molecule has 1 heterocycles. The van der Waals surface area contributed by atoms with Gasteiger partial charge in [-0.1, -0.05) is 0 Å². The fourth-order valence-corrected chi connectivity index (χ4v) is 1.76. The second-order valence-electron chi connectivity index (χ2n) is 4.59. The second-order valence-corrected chi connectivity index (χ2v) is 4.59. The molecule has 0 aliphatic heterocycles. The predicted octanol–water partition coefficient (Wildman–Crippen LogP) is 4.16. The molecule has 0 amide bonds. The SMILES string of the molecule is COc1cc(/C=N\Nc2ccc(C(F)(F)F)cn2)ccc1OC(F)F. The summed E-state index contributed by atoms with van der Waals surface area (Å²) in [5.41, 5.74) is 2.07. The number of hydrazone groups is 1. The van der Waals surface area contributed by atoms with E-state index in [-0.39, 0.29) is 17.3 Å². The van der Waals surface area contributed by atoms with Crippen molar-refractivity contribution in [1.29, 1.82) is 0 Å². The van der Waals surface area contributed by atoms with Crippen LogP contribution in [0.25, 0.3) is 0 Å². The molecular weight excluding hydrogens is 349 g/mol. The second kappa shape index (κ2) is 7.77. The number of hydrogen-bond donors (Lipinski definition) is 1. The zero-order chi connectivity index (χ0) is 18.4. The van der Waals surface area contributed by atoms with Gasteiger partial charge in [-0.3, -0.25) is 5.43 Å². The van der Waals surface area contributed by atoms with Gasteiger partial charge in [-0.15, -0.1) is 0 Å². The molecule has 0 radical (unpaired) electrons. The van der Waals surface area contributed by atoms with Crippen molar-refractivity contribution >= 4 is 12.0 Å². The van der Waals surface area contributed by atoms with Crippen LogP contribution in [0, 0.1) is 0 Å². The van der Waals surface area contributed by atoms with Crippen LogP contribution >= 0.6 is 0 Å². The van der Waals surface area contributed by atoms with Crippen molar-refractivity contribution < 1.29 is 31.4 Å². The van der Waals surface area contributed by atoms with Crippen LogP contribution in [0.5, 0.6) is 11.5 Å². The zero-order valence-electron chi connectivity index (χ0n) is 12.7. The van der Waals surface area contributed by atoms with Crippen LogP contribution in [-0.4, -0.2) is 24.9 Å². The van der Waals surface area contributed by atoms with Crippen LogP contribution in [-0.2, 0) is 6.18 Å². The molecule has 1 aromatic heterocycles. The summed E-state index contributed by atoms with van der Waals surface area (Å²) in [4.78, 5) is 3.58. The summed E-state index contributed by atoms with van der Waals surface area (Å²) in [6.45, 7) is -2.99. The number of alkyl halides is 5. The molecule has 2 rings (SSSR count). The highest BCUT2D eigenvalue weighted by atomic mass is 19.4. The number of halogens is 5. The summed E-state index contributed by atoms with van der Waals surface area (Å²) in [6.07, 6.45) is -2.47. The standard InChI is InChI=1S/C15H12F5N3O2/c1-24-12-6-9(2-4-11(12)25-14(16)17)7-22-23-13-5-3-10(8-21-13)15(18,19)20/h2-8,14H,1H3,(H,21,23)/b22-7-. The van der Waals surface area contributed by atoms with Gasteiger partial charge in [0.05, 0.1) is 18.9 Å². The number of ether oxygens (including phenoxy) is 2. The molecule has 0 bridgehead atoms. The lowest BCUT2D eigenvalue weighted by Gasteiger charge is -2.10. The first-order valence-corrected chi connectivity index (χ1v) is 6.75. The number of benzene rings is 1. The lowest BCUT2D eigenvalue weighted by atomic mass is 10.2. The number of hydrogen-bond acceptors (Lipinski definition) is 5. The smallest absolute Gasteiger partial charge is 0.417 e. The molecule has 0 atom stereocenters. The van der Waals surface area contributed by atoms with E-state index >= 15 is 0 Å². The van der Waals surface area contributed by atoms with Crippen LogP contribution in [0.15, 0.2) is 41.6 Å². The quantitative estimate of drug-likeness (QED) is 0.477. The topological polar surface area (TPSA) is 55.7 Å². The van der Waals surface area contributed by atoms with Crippen LogP contribution in [0.4, 0.5) is 27.8 Å². The van der Waals surface area contributed by atoms with E-state index in [1.807, 2.05) is 0 Å². The molecule has 0 aliphatic rings. The number of aromatic nitrogens is 1. The predicted molar refractivity (Wildman–Crippen MR) is 80.1 cm³/mol. The summed E-state index contributed by atoms with van der Waals surface area (Å²) in [5, 5.41) is 3.81. The molecule has 134 valence electrons. The number of rotatable bonds is 6. The maximum atomic E-state index is 12.4. The Morgan fingerprint density at radius 3 is 2.48 bits per heavy atom. The van der Waals surface area contributed by atoms with E-state index in [9.17, 15) is 22.0 Å². The monoisotopic (exact) mass is 361 g/mol. The van der Waals surface area contributed by atoms with Gasteiger partial charge in [-0.25, -0.2) is 4.98 Å². The molecule has 10 heteroatoms. The molecule has 0 unspecified atom stereocenters. The largest absolute Gasteiger partial charge is 0.493 e. The van der Waals surface area contributed by atoms with Crippen molar-refractivity contribution in [1.82, 2.24) is 4.98 Å². The third kappa shape index (κ3) is 5.30. The van der Waals surface area contributed by atoms with Gasteiger partial charge in [-0.2, -0.15) is 27.1 Å². The van der Waals surface area contributed by atoms with Crippen molar-refractivity contribution in [3.05, 3.63) is 47.7 Å². The molecule has 2 aromatic rings. The van der Waals surface area contributed by atoms with Gasteiger partial charge in [0.25, 0.3) is 0 Å². The lowest BCUT2D eigenvalue weighted by Crippen LogP contribution is -2.05. The molecule has 0 spiro atoms. The van der Waals surface area contributed by atoms with E-state index in [1.165, 1.54) is 31.5 Å². The minimum atomic E-state index is -4.46. The van der Waals surface area contributed by atoms with Crippen LogP contribution in [0.2, 0.25) is 0 Å². The van der Waals surface area contributed by atoms with Crippen molar-refractivity contribution in [2.75, 3.05) is 12.5 Å². The lowest BCUT2D eigenvalue weighted by molar-refractivity contribution is -0.137. The molecule has 0 saturated heterocycles. The highest BCUT2D eigenvalue weighted by Crippen LogP contribution is 2.29. The maximum Gasteiger partial charge on any atom is 0.417 e. The summed E-state index contributed by atoms with van der Waals surface area (Å²) in [5.74, 6) is 0.0535. The third-order valence-corrected chi connectivity index (χ3v) is 2.89. The summed E-state index contributed by atoms with van der Waals surface area (Å²) in [6, 6.07) is 6.13. The maximum absolute atomic E-state index is 12.4. The Labute approximate surface area is 139 Å². The van der Waals surface area contributed by atoms with Gasteiger partial charge in [0.15, 0.2) is 11.5 Å². The van der Waals surface area contributed by atoms with Crippen molar-refractivity contribution in [3.63, 3.8) is 0 Å². The Hall–Kier alpha value is -2.91. The van der Waals surface area contributed by atoms with Crippen molar-refractivity contribution in [2.45, 2.75) is 12.8 Å². The molecule has 1 N–H and O–H groups in total. The summed E-state index contributed by atoms with van der Waals surface area (Å²) < 4.78 is 70.9. The molecular formula is C15H12F5N3O2. The first-order valence-electron chi connectivity index (χ1n) is 6.75. The van der Waals surface area contributed by atoms with Crippen LogP contribution < -0.4 is 14.9 Å². The van der Waals surface area contributed by atoms with E-state index in [0.29, 0.717) is 11.8 Å². The van der Waals surface area contributed by atoms with E-state index in [4.69, 9.17) is 4.74 Å². The molecule has 0 fully saturated rings. The normalized spacial score (nSPS) is 11.8. The zero-order valence-corrected chi connectivity index (χ0v) is 12.7. The van der Waals surface area contributed by atoms with Gasteiger partial charge in [0.2, 0.25) is 0 Å². The number of pyridine rings is 1. The first-order chi connectivity index (χ1) is 11.8. The Kier molecular flexibility index (Phi) is 5.73. The third-order valence-electron chi connectivity index (χ3n) is 2.89. The average Bonchev–Trinajstić information content (AvgIpc) is 2.55. The van der Waals surface area contributed by atoms with Gasteiger partial charge in [0.1, 0.15) is 5.82 Å². The highest BCUT2D eigenvalue weighted by molar-refractivity contribution is 5.81. The van der Waals surface area contributed by atoms with Crippen molar-refractivity contribution in [3.8, 4) is 11.5 Å². The Bertz CT molecular complexity index is 733. The summed E-state index contributed by atoms with van der Waals surface area (Å²) in [7, 11) is 1.29. The van der Waals surface area contributed by atoms with Crippen LogP contribution in [0.3, 0.4) is 0 Å². The fourth-order valence-electron chi connectivity index (χ4n) is 1.76. The van der Waals surface area contributed by atoms with E-state index in [0.717, 1.165) is 12.1 Å². The minimum absolute atomic E-state index is 0.0805. The van der Waals surface area contributed by atoms with Gasteiger partial charge in [0, 0.05) is 6.20 Å². The van der Waals surface area contributed by atoms with Gasteiger partial charge < -0.3 is 9.47 Å². The Balaban J connectivity index is 2.04. The van der Waals surface area contributed by atoms with Gasteiger partial charge in [-0.05, 0) is 35.9 Å². The molecule has 0 saturated carbocycles. The van der Waals surface area contributed by atoms with Crippen LogP contribution in [0.1, 0.15) is 11.1 Å². The Morgan fingerprint density at radius 2 is 1.92 bits per heavy atom. The van der Waals surface area contributed by atoms with Crippen molar-refractivity contribution in [2.24, 2.45) is 5.10 Å². The summed E-state index contributed by atoms with van der Waals surface area (Å²) >= 11 is 0. The van der Waals surface area contributed by atoms with E-state index < -0.39 is 18.4 Å².